The Bertz CT molecular complexity index is 1430. The molecule has 2 saturated heterocycles. The Labute approximate surface area is 233 Å². The highest BCUT2D eigenvalue weighted by Gasteiger charge is 2.54. The van der Waals surface area contributed by atoms with Gasteiger partial charge in [0.1, 0.15) is 30.0 Å². The minimum absolute atomic E-state index is 0.0751. The number of rotatable bonds is 8. The molecule has 2 aromatic heterocycles. The van der Waals surface area contributed by atoms with Gasteiger partial charge in [-0.25, -0.2) is 10.1 Å². The Balaban J connectivity index is 1.25. The van der Waals surface area contributed by atoms with Gasteiger partial charge in [-0.1, -0.05) is 41.7 Å². The summed E-state index contributed by atoms with van der Waals surface area (Å²) in [4.78, 5) is 25.2. The predicted octanol–water partition coefficient (Wildman–Crippen LogP) is 1.95. The molecule has 3 aromatic rings. The van der Waals surface area contributed by atoms with Crippen LogP contribution in [0, 0.1) is 0 Å². The molecule has 7 atom stereocenters. The highest BCUT2D eigenvalue weighted by Crippen LogP contribution is 2.59. The topological polar surface area (TPSA) is 193 Å². The van der Waals surface area contributed by atoms with Gasteiger partial charge in [-0.2, -0.15) is 9.97 Å². The van der Waals surface area contributed by atoms with E-state index in [1.807, 2.05) is 30.3 Å². The molecule has 216 valence electrons. The first-order valence-corrected chi connectivity index (χ1v) is 15.8. The molecule has 0 bridgehead atoms. The van der Waals surface area contributed by atoms with Crippen molar-refractivity contribution in [3.8, 4) is 5.88 Å². The maximum absolute atomic E-state index is 13.5. The van der Waals surface area contributed by atoms with Gasteiger partial charge in [0, 0.05) is 5.75 Å². The standard InChI is InChI=1S/C24H31N6O8PS/c1-13(14-7-5-4-6-8-14)37-21(32)15-9-10-40-39(34,29-15)36-11-16-18(31)24(2,33)22(38-16)30-12-26-17-19(30)27-23(25)28-20(17)35-3/h4-8,12-13,15-16,18,22,31,33H,9-11H2,1-3H3,(H,29,34)(H2,25,27,28)/t13-,15+,16-,18-,22-,24-,39-/m1/s1. The van der Waals surface area contributed by atoms with Crippen LogP contribution >= 0.6 is 18.1 Å². The van der Waals surface area contributed by atoms with Crippen molar-refractivity contribution in [3.63, 3.8) is 0 Å². The Hall–Kier alpha value is -2.78. The maximum Gasteiger partial charge on any atom is 0.327 e. The van der Waals surface area contributed by atoms with Crippen LogP contribution in [0.5, 0.6) is 5.88 Å². The van der Waals surface area contributed by atoms with Crippen LogP contribution in [0.1, 0.15) is 38.2 Å². The predicted molar refractivity (Wildman–Crippen MR) is 145 cm³/mol. The number of anilines is 1. The number of esters is 1. The SMILES string of the molecule is COc1nc(N)nc2c1ncn2[C@@H]1O[C@H](CO[P@]2(=O)N[C@H](C(=O)O[C@H](C)c3ccccc3)CCS2)[C@@H](O)[C@@]1(C)O. The summed E-state index contributed by atoms with van der Waals surface area (Å²) in [7, 11) is 1.41. The number of nitrogens with two attached hydrogens (primary N) is 1. The average Bonchev–Trinajstić information content (AvgIpc) is 3.45. The number of nitrogens with zero attached hydrogens (tertiary/aromatic N) is 4. The zero-order chi connectivity index (χ0) is 28.7. The summed E-state index contributed by atoms with van der Waals surface area (Å²) in [6.07, 6.45) is -2.35. The third kappa shape index (κ3) is 5.55. The molecule has 0 spiro atoms. The van der Waals surface area contributed by atoms with E-state index in [9.17, 15) is 19.6 Å². The summed E-state index contributed by atoms with van der Waals surface area (Å²) >= 11 is 1.05. The van der Waals surface area contributed by atoms with Crippen LogP contribution < -0.4 is 15.6 Å². The number of fused-ring (bicyclic) bond motifs is 1. The fraction of sp³-hybridized carbons (Fsp3) is 0.500. The summed E-state index contributed by atoms with van der Waals surface area (Å²) in [5, 5.41) is 24.9. The molecule has 14 nitrogen and oxygen atoms in total. The molecule has 2 aliphatic rings. The largest absolute Gasteiger partial charge is 0.479 e. The fourth-order valence-electron chi connectivity index (χ4n) is 4.65. The number of aromatic nitrogens is 4. The van der Waals surface area contributed by atoms with Crippen LogP contribution in [0.4, 0.5) is 5.95 Å². The number of nitrogen functional groups attached to an aromatic ring is 1. The minimum Gasteiger partial charge on any atom is -0.479 e. The Morgan fingerprint density at radius 2 is 2.12 bits per heavy atom. The van der Waals surface area contributed by atoms with Crippen molar-refractivity contribution in [1.82, 2.24) is 24.6 Å². The van der Waals surface area contributed by atoms with Gasteiger partial charge in [0.15, 0.2) is 17.4 Å². The smallest absolute Gasteiger partial charge is 0.327 e. The summed E-state index contributed by atoms with van der Waals surface area (Å²) in [5.41, 5.74) is 5.34. The molecule has 5 rings (SSSR count). The lowest BCUT2D eigenvalue weighted by Gasteiger charge is -2.30. The normalized spacial score (nSPS) is 31.2. The van der Waals surface area contributed by atoms with Crippen LogP contribution in [-0.4, -0.2) is 79.0 Å². The molecule has 40 heavy (non-hydrogen) atoms. The van der Waals surface area contributed by atoms with Crippen LogP contribution in [0.3, 0.4) is 0 Å². The van der Waals surface area contributed by atoms with Crippen LogP contribution in [0.25, 0.3) is 11.2 Å². The van der Waals surface area contributed by atoms with E-state index in [2.05, 4.69) is 20.0 Å². The van der Waals surface area contributed by atoms with Gasteiger partial charge < -0.3 is 34.7 Å². The number of methoxy groups -OCH3 is 1. The number of aliphatic hydroxyl groups is 2. The van der Waals surface area contributed by atoms with Crippen molar-refractivity contribution < 1.29 is 38.3 Å². The van der Waals surface area contributed by atoms with Gasteiger partial charge in [0.05, 0.1) is 20.0 Å². The average molecular weight is 595 g/mol. The van der Waals surface area contributed by atoms with Crippen molar-refractivity contribution in [2.75, 3.05) is 25.2 Å². The van der Waals surface area contributed by atoms with Gasteiger partial charge in [0.2, 0.25) is 11.8 Å². The van der Waals surface area contributed by atoms with Crippen LogP contribution in [-0.2, 0) is 23.4 Å². The van der Waals surface area contributed by atoms with Crippen LogP contribution in [0.2, 0.25) is 0 Å². The second kappa shape index (κ2) is 11.2. The van der Waals surface area contributed by atoms with E-state index < -0.39 is 48.9 Å². The third-order valence-corrected chi connectivity index (χ3v) is 10.9. The lowest BCUT2D eigenvalue weighted by atomic mass is 9.96. The maximum atomic E-state index is 13.5. The lowest BCUT2D eigenvalue weighted by Crippen LogP contribution is -2.44. The summed E-state index contributed by atoms with van der Waals surface area (Å²) in [6, 6.07) is 8.46. The summed E-state index contributed by atoms with van der Waals surface area (Å²) in [5.74, 6) is -0.0791. The van der Waals surface area contributed by atoms with Gasteiger partial charge in [0.25, 0.3) is 0 Å². The first kappa shape index (κ1) is 28.7. The van der Waals surface area contributed by atoms with E-state index >= 15 is 0 Å². The van der Waals surface area contributed by atoms with E-state index in [1.54, 1.807) is 6.92 Å². The Morgan fingerprint density at radius 3 is 2.85 bits per heavy atom. The number of carbonyl (C=O) groups excluding carboxylic acids is 1. The highest BCUT2D eigenvalue weighted by molar-refractivity contribution is 8.56. The molecular formula is C24H31N6O8PS. The number of benzene rings is 1. The fourth-order valence-corrected chi connectivity index (χ4v) is 8.46. The van der Waals surface area contributed by atoms with E-state index in [0.29, 0.717) is 12.2 Å². The molecule has 2 fully saturated rings. The molecule has 0 aliphatic carbocycles. The van der Waals surface area contributed by atoms with Crippen LogP contribution in [0.15, 0.2) is 36.7 Å². The first-order chi connectivity index (χ1) is 19.0. The lowest BCUT2D eigenvalue weighted by molar-refractivity contribution is -0.150. The zero-order valence-electron chi connectivity index (χ0n) is 22.0. The number of carbonyl (C=O) groups is 1. The molecule has 0 amide bonds. The zero-order valence-corrected chi connectivity index (χ0v) is 23.7. The third-order valence-electron chi connectivity index (χ3n) is 6.84. The number of hydrogen-bond donors (Lipinski definition) is 4. The van der Waals surface area contributed by atoms with Gasteiger partial charge in [-0.3, -0.25) is 13.9 Å². The molecular weight excluding hydrogens is 563 g/mol. The summed E-state index contributed by atoms with van der Waals surface area (Å²) < 4.78 is 37.4. The molecule has 0 unspecified atom stereocenters. The van der Waals surface area contributed by atoms with E-state index in [1.165, 1.54) is 24.9 Å². The minimum atomic E-state index is -3.58. The van der Waals surface area contributed by atoms with Crippen molar-refractivity contribution in [3.05, 3.63) is 42.2 Å². The van der Waals surface area contributed by atoms with Gasteiger partial charge in [-0.05, 0) is 25.8 Å². The number of nitrogens with one attached hydrogen (secondary N) is 1. The van der Waals surface area contributed by atoms with E-state index in [0.717, 1.165) is 16.9 Å². The monoisotopic (exact) mass is 594 g/mol. The van der Waals surface area contributed by atoms with Crippen molar-refractivity contribution >= 4 is 41.2 Å². The highest BCUT2D eigenvalue weighted by atomic mass is 32.7. The van der Waals surface area contributed by atoms with Crippen molar-refractivity contribution in [2.24, 2.45) is 0 Å². The van der Waals surface area contributed by atoms with E-state index in [4.69, 9.17) is 24.5 Å². The molecule has 5 N–H and O–H groups in total. The number of hydrogen-bond acceptors (Lipinski definition) is 13. The molecule has 0 radical (unpaired) electrons. The number of aliphatic hydroxyl groups excluding tert-OH is 1. The molecule has 16 heteroatoms. The second-order valence-electron chi connectivity index (χ2n) is 9.70. The van der Waals surface area contributed by atoms with E-state index in [-0.39, 0.29) is 29.6 Å². The van der Waals surface area contributed by atoms with Crippen molar-refractivity contribution in [1.29, 1.82) is 0 Å². The molecule has 2 aliphatic heterocycles. The Kier molecular flexibility index (Phi) is 8.08. The number of imidazole rings is 1. The second-order valence-corrected chi connectivity index (χ2v) is 14.1. The van der Waals surface area contributed by atoms with Crippen molar-refractivity contribution in [2.45, 2.75) is 56.5 Å². The quantitative estimate of drug-likeness (QED) is 0.218. The molecule has 4 heterocycles. The van der Waals surface area contributed by atoms with Gasteiger partial charge >= 0.3 is 12.7 Å². The molecule has 0 saturated carbocycles. The first-order valence-electron chi connectivity index (χ1n) is 12.5. The summed E-state index contributed by atoms with van der Waals surface area (Å²) in [6.45, 7) is -0.748. The Morgan fingerprint density at radius 1 is 1.38 bits per heavy atom. The number of ether oxygens (including phenoxy) is 3. The van der Waals surface area contributed by atoms with Gasteiger partial charge in [-0.15, -0.1) is 0 Å². The molecule has 1 aromatic carbocycles.